The lowest BCUT2D eigenvalue weighted by molar-refractivity contribution is -0.120. The zero-order valence-electron chi connectivity index (χ0n) is 11.9. The first-order valence-corrected chi connectivity index (χ1v) is 7.16. The van der Waals surface area contributed by atoms with Gasteiger partial charge in [0.25, 0.3) is 0 Å². The minimum atomic E-state index is 0.0369. The lowest BCUT2D eigenvalue weighted by atomic mass is 10.1. The van der Waals surface area contributed by atoms with Crippen LogP contribution in [0.3, 0.4) is 0 Å². The van der Waals surface area contributed by atoms with Crippen molar-refractivity contribution in [2.75, 3.05) is 6.54 Å². The predicted octanol–water partition coefficient (Wildman–Crippen LogP) is 2.78. The maximum absolute atomic E-state index is 11.7. The van der Waals surface area contributed by atoms with Crippen molar-refractivity contribution in [1.29, 1.82) is 0 Å². The molecule has 0 bridgehead atoms. The molecule has 2 unspecified atom stereocenters. The number of rotatable bonds is 7. The fourth-order valence-electron chi connectivity index (χ4n) is 1.81. The van der Waals surface area contributed by atoms with Gasteiger partial charge in [0.15, 0.2) is 0 Å². The second-order valence-electron chi connectivity index (χ2n) is 4.99. The maximum atomic E-state index is 11.7. The lowest BCUT2D eigenvalue weighted by Gasteiger charge is -2.16. The number of benzene rings is 1. The van der Waals surface area contributed by atoms with Gasteiger partial charge >= 0.3 is 0 Å². The van der Waals surface area contributed by atoms with Crippen molar-refractivity contribution in [3.8, 4) is 0 Å². The third-order valence-corrected chi connectivity index (χ3v) is 3.30. The Morgan fingerprint density at radius 1 is 1.32 bits per heavy atom. The van der Waals surface area contributed by atoms with E-state index in [2.05, 4.69) is 24.5 Å². The van der Waals surface area contributed by atoms with Gasteiger partial charge in [0.2, 0.25) is 5.91 Å². The molecule has 4 heteroatoms. The standard InChI is InChI=1S/C15H23ClN2O/c1-4-11(2)17-10-15(19)18-12(3)8-13-6-5-7-14(16)9-13/h5-7,9,11-12,17H,4,8,10H2,1-3H3,(H,18,19). The van der Waals surface area contributed by atoms with Gasteiger partial charge < -0.3 is 10.6 Å². The first-order chi connectivity index (χ1) is 9.01. The molecule has 1 aromatic carbocycles. The fraction of sp³-hybridized carbons (Fsp3) is 0.533. The van der Waals surface area contributed by atoms with Crippen molar-refractivity contribution < 1.29 is 4.79 Å². The normalized spacial score (nSPS) is 13.9. The molecule has 0 fully saturated rings. The molecule has 0 saturated heterocycles. The minimum Gasteiger partial charge on any atom is -0.352 e. The van der Waals surface area contributed by atoms with Crippen LogP contribution in [0.25, 0.3) is 0 Å². The van der Waals surface area contributed by atoms with E-state index in [0.717, 1.165) is 23.4 Å². The summed E-state index contributed by atoms with van der Waals surface area (Å²) in [6, 6.07) is 8.20. The lowest BCUT2D eigenvalue weighted by Crippen LogP contribution is -2.42. The second-order valence-corrected chi connectivity index (χ2v) is 5.43. The molecule has 19 heavy (non-hydrogen) atoms. The fourth-order valence-corrected chi connectivity index (χ4v) is 2.02. The molecule has 2 atom stereocenters. The van der Waals surface area contributed by atoms with E-state index in [-0.39, 0.29) is 11.9 Å². The van der Waals surface area contributed by atoms with Crippen molar-refractivity contribution in [2.24, 2.45) is 0 Å². The summed E-state index contributed by atoms with van der Waals surface area (Å²) in [6.45, 7) is 6.54. The Balaban J connectivity index is 2.34. The number of carbonyl (C=O) groups is 1. The Morgan fingerprint density at radius 2 is 2.05 bits per heavy atom. The molecular weight excluding hydrogens is 260 g/mol. The van der Waals surface area contributed by atoms with Gasteiger partial charge in [-0.2, -0.15) is 0 Å². The first-order valence-electron chi connectivity index (χ1n) is 6.78. The molecular formula is C15H23ClN2O. The number of nitrogens with one attached hydrogen (secondary N) is 2. The van der Waals surface area contributed by atoms with E-state index in [9.17, 15) is 4.79 Å². The predicted molar refractivity (Wildman–Crippen MR) is 80.5 cm³/mol. The SMILES string of the molecule is CCC(C)NCC(=O)NC(C)Cc1cccc(Cl)c1. The quantitative estimate of drug-likeness (QED) is 0.807. The van der Waals surface area contributed by atoms with Crippen LogP contribution < -0.4 is 10.6 Å². The van der Waals surface area contributed by atoms with E-state index < -0.39 is 0 Å². The van der Waals surface area contributed by atoms with Gasteiger partial charge in [-0.25, -0.2) is 0 Å². The van der Waals surface area contributed by atoms with Gasteiger partial charge in [-0.05, 0) is 44.4 Å². The Morgan fingerprint density at radius 3 is 2.68 bits per heavy atom. The largest absolute Gasteiger partial charge is 0.352 e. The van der Waals surface area contributed by atoms with Gasteiger partial charge in [0.1, 0.15) is 0 Å². The van der Waals surface area contributed by atoms with Gasteiger partial charge in [0.05, 0.1) is 6.54 Å². The summed E-state index contributed by atoms with van der Waals surface area (Å²) < 4.78 is 0. The van der Waals surface area contributed by atoms with Crippen LogP contribution in [0.5, 0.6) is 0 Å². The van der Waals surface area contributed by atoms with Crippen LogP contribution >= 0.6 is 11.6 Å². The van der Waals surface area contributed by atoms with E-state index in [1.54, 1.807) is 0 Å². The van der Waals surface area contributed by atoms with Crippen LogP contribution in [0, 0.1) is 0 Å². The van der Waals surface area contributed by atoms with Crippen molar-refractivity contribution in [2.45, 2.75) is 45.7 Å². The summed E-state index contributed by atoms with van der Waals surface area (Å²) in [5.74, 6) is 0.0369. The van der Waals surface area contributed by atoms with Crippen molar-refractivity contribution in [3.05, 3.63) is 34.9 Å². The minimum absolute atomic E-state index is 0.0369. The molecule has 1 rings (SSSR count). The van der Waals surface area contributed by atoms with Gasteiger partial charge in [-0.3, -0.25) is 4.79 Å². The molecule has 1 amide bonds. The zero-order valence-corrected chi connectivity index (χ0v) is 12.6. The number of carbonyl (C=O) groups excluding carboxylic acids is 1. The molecule has 0 aliphatic rings. The van der Waals surface area contributed by atoms with Crippen LogP contribution in [0.2, 0.25) is 5.02 Å². The van der Waals surface area contributed by atoms with Crippen molar-refractivity contribution in [1.82, 2.24) is 10.6 Å². The smallest absolute Gasteiger partial charge is 0.234 e. The Kier molecular flexibility index (Phi) is 6.89. The molecule has 0 saturated carbocycles. The van der Waals surface area contributed by atoms with Crippen LogP contribution in [0.1, 0.15) is 32.8 Å². The summed E-state index contributed by atoms with van der Waals surface area (Å²) in [6.07, 6.45) is 1.81. The molecule has 0 heterocycles. The summed E-state index contributed by atoms with van der Waals surface area (Å²) in [7, 11) is 0. The molecule has 0 radical (unpaired) electrons. The van der Waals surface area contributed by atoms with Crippen LogP contribution in [0.4, 0.5) is 0 Å². The Hall–Kier alpha value is -1.06. The Bertz CT molecular complexity index is 409. The average molecular weight is 283 g/mol. The monoisotopic (exact) mass is 282 g/mol. The van der Waals surface area contributed by atoms with E-state index in [4.69, 9.17) is 11.6 Å². The highest BCUT2D eigenvalue weighted by Crippen LogP contribution is 2.12. The third kappa shape index (κ3) is 6.60. The topological polar surface area (TPSA) is 41.1 Å². The van der Waals surface area contributed by atoms with Crippen molar-refractivity contribution >= 4 is 17.5 Å². The molecule has 0 spiro atoms. The molecule has 1 aromatic rings. The molecule has 0 aliphatic heterocycles. The summed E-state index contributed by atoms with van der Waals surface area (Å²) in [4.78, 5) is 11.7. The first kappa shape index (κ1) is 16.0. The second kappa shape index (κ2) is 8.18. The third-order valence-electron chi connectivity index (χ3n) is 3.06. The van der Waals surface area contributed by atoms with Gasteiger partial charge in [-0.1, -0.05) is 30.7 Å². The molecule has 0 aromatic heterocycles. The molecule has 106 valence electrons. The molecule has 2 N–H and O–H groups in total. The van der Waals surface area contributed by atoms with Crippen LogP contribution in [-0.2, 0) is 11.2 Å². The number of amides is 1. The molecule has 3 nitrogen and oxygen atoms in total. The zero-order chi connectivity index (χ0) is 14.3. The van der Waals surface area contributed by atoms with Crippen LogP contribution in [-0.4, -0.2) is 24.5 Å². The Labute approximate surface area is 120 Å². The number of halogens is 1. The summed E-state index contributed by atoms with van der Waals surface area (Å²) in [5.41, 5.74) is 1.13. The van der Waals surface area contributed by atoms with Crippen molar-refractivity contribution in [3.63, 3.8) is 0 Å². The molecule has 0 aliphatic carbocycles. The summed E-state index contributed by atoms with van der Waals surface area (Å²) >= 11 is 5.94. The van der Waals surface area contributed by atoms with Crippen LogP contribution in [0.15, 0.2) is 24.3 Å². The highest BCUT2D eigenvalue weighted by atomic mass is 35.5. The maximum Gasteiger partial charge on any atom is 0.234 e. The average Bonchev–Trinajstić information content (AvgIpc) is 2.35. The highest BCUT2D eigenvalue weighted by Gasteiger charge is 2.09. The van der Waals surface area contributed by atoms with E-state index in [1.165, 1.54) is 0 Å². The number of hydrogen-bond donors (Lipinski definition) is 2. The summed E-state index contributed by atoms with van der Waals surface area (Å²) in [5, 5.41) is 6.89. The van der Waals surface area contributed by atoms with Gasteiger partial charge in [-0.15, -0.1) is 0 Å². The highest BCUT2D eigenvalue weighted by molar-refractivity contribution is 6.30. The van der Waals surface area contributed by atoms with Gasteiger partial charge in [0, 0.05) is 17.1 Å². The number of hydrogen-bond acceptors (Lipinski definition) is 2. The van der Waals surface area contributed by atoms with E-state index >= 15 is 0 Å². The van der Waals surface area contributed by atoms with E-state index in [0.29, 0.717) is 12.6 Å². The van der Waals surface area contributed by atoms with E-state index in [1.807, 2.05) is 31.2 Å².